The fourth-order valence-electron chi connectivity index (χ4n) is 1.20. The molecule has 0 aliphatic rings. The van der Waals surface area contributed by atoms with Gasteiger partial charge < -0.3 is 15.7 Å². The summed E-state index contributed by atoms with van der Waals surface area (Å²) in [5.74, 6) is 0. The second-order valence-electron chi connectivity index (χ2n) is 6.32. The zero-order valence-electron chi connectivity index (χ0n) is 11.2. The van der Waals surface area contributed by atoms with Crippen LogP contribution in [0.4, 0.5) is 4.79 Å². The van der Waals surface area contributed by atoms with Gasteiger partial charge in [0.05, 0.1) is 0 Å². The summed E-state index contributed by atoms with van der Waals surface area (Å²) in [7, 11) is 0. The molecule has 0 aromatic heterocycles. The van der Waals surface area contributed by atoms with E-state index in [1.54, 1.807) is 0 Å². The normalized spacial score (nSPS) is 12.6. The lowest BCUT2D eigenvalue weighted by atomic mass is 9.92. The van der Waals surface area contributed by atoms with Crippen LogP contribution < -0.4 is 5.73 Å². The van der Waals surface area contributed by atoms with Crippen molar-refractivity contribution in [1.29, 1.82) is 0 Å². The molecule has 0 rings (SSSR count). The Balaban J connectivity index is 4.15. The Morgan fingerprint density at radius 1 is 1.12 bits per heavy atom. The van der Waals surface area contributed by atoms with Gasteiger partial charge in [0, 0.05) is 18.6 Å². The number of hydrogen-bond acceptors (Lipinski definition) is 2. The Morgan fingerprint density at radius 3 is 1.88 bits per heavy atom. The Bertz CT molecular complexity index is 208. The molecule has 0 aromatic rings. The molecule has 0 radical (unpaired) electrons. The van der Waals surface area contributed by atoms with Crippen LogP contribution >= 0.6 is 0 Å². The molecule has 0 aromatic carbocycles. The molecule has 1 amide bonds. The lowest BCUT2D eigenvalue weighted by Gasteiger charge is -2.27. The fourth-order valence-corrected chi connectivity index (χ4v) is 1.20. The molecule has 96 valence electrons. The molecule has 0 fully saturated rings. The van der Waals surface area contributed by atoms with Crippen molar-refractivity contribution in [2.45, 2.75) is 53.0 Å². The van der Waals surface area contributed by atoms with E-state index in [1.165, 1.54) is 4.90 Å². The summed E-state index contributed by atoms with van der Waals surface area (Å²) in [5.41, 5.74) is 5.69. The molecule has 3 N–H and O–H groups in total. The van der Waals surface area contributed by atoms with E-state index in [2.05, 4.69) is 20.8 Å². The van der Waals surface area contributed by atoms with Gasteiger partial charge in [0.15, 0.2) is 0 Å². The number of nitrogens with zero attached hydrogens (tertiary/aromatic N) is 1. The first-order valence-corrected chi connectivity index (χ1v) is 5.78. The zero-order valence-corrected chi connectivity index (χ0v) is 11.2. The average Bonchev–Trinajstić information content (AvgIpc) is 1.98. The minimum atomic E-state index is -0.853. The van der Waals surface area contributed by atoms with Gasteiger partial charge in [-0.1, -0.05) is 20.8 Å². The van der Waals surface area contributed by atoms with Gasteiger partial charge in [-0.05, 0) is 32.1 Å². The number of carboxylic acid groups (broad SMARTS) is 1. The van der Waals surface area contributed by atoms with Crippen LogP contribution in [0.2, 0.25) is 0 Å². The van der Waals surface area contributed by atoms with Crippen molar-refractivity contribution in [3.05, 3.63) is 0 Å². The molecule has 4 heteroatoms. The summed E-state index contributed by atoms with van der Waals surface area (Å²) in [6.07, 6.45) is 0.696. The van der Waals surface area contributed by atoms with Crippen molar-refractivity contribution in [3.63, 3.8) is 0 Å². The lowest BCUT2D eigenvalue weighted by Crippen LogP contribution is -2.40. The third-order valence-corrected chi connectivity index (χ3v) is 2.43. The molecular formula is C12H26N2O2. The minimum Gasteiger partial charge on any atom is -0.465 e. The zero-order chi connectivity index (χ0) is 13.0. The maximum Gasteiger partial charge on any atom is 0.407 e. The Morgan fingerprint density at radius 2 is 1.56 bits per heavy atom. The van der Waals surface area contributed by atoms with Crippen molar-refractivity contribution in [1.82, 2.24) is 4.90 Å². The molecule has 16 heavy (non-hydrogen) atoms. The Hall–Kier alpha value is -0.770. The highest BCUT2D eigenvalue weighted by Gasteiger charge is 2.19. The summed E-state index contributed by atoms with van der Waals surface area (Å²) in [6.45, 7) is 11.2. The topological polar surface area (TPSA) is 66.6 Å². The van der Waals surface area contributed by atoms with Gasteiger partial charge in [0.25, 0.3) is 0 Å². The number of amides is 1. The Labute approximate surface area is 98.8 Å². The highest BCUT2D eigenvalue weighted by atomic mass is 16.4. The maximum absolute atomic E-state index is 11.0. The molecule has 0 aliphatic heterocycles. The third kappa shape index (κ3) is 8.53. The van der Waals surface area contributed by atoms with Gasteiger partial charge >= 0.3 is 6.09 Å². The minimum absolute atomic E-state index is 0.159. The summed E-state index contributed by atoms with van der Waals surface area (Å²) in [6, 6.07) is 0. The van der Waals surface area contributed by atoms with E-state index in [-0.39, 0.29) is 11.0 Å². The van der Waals surface area contributed by atoms with Crippen molar-refractivity contribution in [2.24, 2.45) is 11.1 Å². The summed E-state index contributed by atoms with van der Waals surface area (Å²) in [5, 5.41) is 9.05. The van der Waals surface area contributed by atoms with Crippen LogP contribution in [0.25, 0.3) is 0 Å². The fraction of sp³-hybridized carbons (Fsp3) is 0.917. The largest absolute Gasteiger partial charge is 0.465 e. The van der Waals surface area contributed by atoms with E-state index in [0.29, 0.717) is 19.5 Å². The first kappa shape index (κ1) is 15.2. The number of carbonyl (C=O) groups is 1. The van der Waals surface area contributed by atoms with Gasteiger partial charge in [0.2, 0.25) is 0 Å². The highest BCUT2D eigenvalue weighted by Crippen LogP contribution is 2.19. The molecule has 0 saturated heterocycles. The Kier molecular flexibility index (Phi) is 5.26. The maximum atomic E-state index is 11.0. The second kappa shape index (κ2) is 5.53. The van der Waals surface area contributed by atoms with Crippen LogP contribution in [-0.4, -0.2) is 34.7 Å². The van der Waals surface area contributed by atoms with E-state index >= 15 is 0 Å². The van der Waals surface area contributed by atoms with Gasteiger partial charge in [0.1, 0.15) is 0 Å². The predicted molar refractivity (Wildman–Crippen MR) is 66.6 cm³/mol. The molecule has 0 unspecified atom stereocenters. The standard InChI is InChI=1S/C12H26N2O2/c1-11(2,3)6-8-14(10(15)16)9-7-12(4,5)13/h6-9,13H2,1-5H3,(H,15,16). The molecule has 0 bridgehead atoms. The summed E-state index contributed by atoms with van der Waals surface area (Å²) >= 11 is 0. The van der Waals surface area contributed by atoms with Crippen LogP contribution in [0, 0.1) is 5.41 Å². The first-order valence-electron chi connectivity index (χ1n) is 5.78. The van der Waals surface area contributed by atoms with Crippen LogP contribution in [0.1, 0.15) is 47.5 Å². The van der Waals surface area contributed by atoms with Crippen LogP contribution in [0.5, 0.6) is 0 Å². The van der Waals surface area contributed by atoms with Crippen molar-refractivity contribution < 1.29 is 9.90 Å². The number of nitrogens with two attached hydrogens (primary N) is 1. The number of hydrogen-bond donors (Lipinski definition) is 2. The van der Waals surface area contributed by atoms with Crippen LogP contribution in [0.3, 0.4) is 0 Å². The molecule has 0 heterocycles. The van der Waals surface area contributed by atoms with Crippen molar-refractivity contribution in [2.75, 3.05) is 13.1 Å². The van der Waals surface area contributed by atoms with Gasteiger partial charge in [-0.25, -0.2) is 4.79 Å². The third-order valence-electron chi connectivity index (χ3n) is 2.43. The molecule has 0 saturated carbocycles. The van der Waals surface area contributed by atoms with E-state index in [9.17, 15) is 4.79 Å². The smallest absolute Gasteiger partial charge is 0.407 e. The quantitative estimate of drug-likeness (QED) is 0.762. The van der Waals surface area contributed by atoms with E-state index in [0.717, 1.165) is 6.42 Å². The van der Waals surface area contributed by atoms with Crippen molar-refractivity contribution in [3.8, 4) is 0 Å². The summed E-state index contributed by atoms with van der Waals surface area (Å²) < 4.78 is 0. The molecule has 0 atom stereocenters. The van der Waals surface area contributed by atoms with Crippen LogP contribution in [0.15, 0.2) is 0 Å². The van der Waals surface area contributed by atoms with E-state index in [1.807, 2.05) is 13.8 Å². The summed E-state index contributed by atoms with van der Waals surface area (Å²) in [4.78, 5) is 12.5. The second-order valence-corrected chi connectivity index (χ2v) is 6.32. The molecular weight excluding hydrogens is 204 g/mol. The molecule has 0 aliphatic carbocycles. The first-order chi connectivity index (χ1) is 7.01. The SMILES string of the molecule is CC(C)(C)CCN(CCC(C)(C)N)C(=O)O. The van der Waals surface area contributed by atoms with E-state index < -0.39 is 6.09 Å². The van der Waals surface area contributed by atoms with Crippen LogP contribution in [-0.2, 0) is 0 Å². The van der Waals surface area contributed by atoms with Gasteiger partial charge in [-0.15, -0.1) is 0 Å². The highest BCUT2D eigenvalue weighted by molar-refractivity contribution is 5.64. The molecule has 4 nitrogen and oxygen atoms in total. The predicted octanol–water partition coefficient (Wildman–Crippen LogP) is 2.53. The molecule has 0 spiro atoms. The monoisotopic (exact) mass is 230 g/mol. The van der Waals surface area contributed by atoms with Gasteiger partial charge in [-0.3, -0.25) is 0 Å². The number of rotatable bonds is 5. The van der Waals surface area contributed by atoms with E-state index in [4.69, 9.17) is 10.8 Å². The average molecular weight is 230 g/mol. The van der Waals surface area contributed by atoms with Crippen molar-refractivity contribution >= 4 is 6.09 Å². The van der Waals surface area contributed by atoms with Gasteiger partial charge in [-0.2, -0.15) is 0 Å². The lowest BCUT2D eigenvalue weighted by molar-refractivity contribution is 0.135.